The van der Waals surface area contributed by atoms with Gasteiger partial charge in [0, 0.05) is 38.1 Å². The minimum absolute atomic E-state index is 0.175. The van der Waals surface area contributed by atoms with Gasteiger partial charge in [0.1, 0.15) is 11.6 Å². The summed E-state index contributed by atoms with van der Waals surface area (Å²) in [7, 11) is 0. The lowest BCUT2D eigenvalue weighted by atomic mass is 10.2. The van der Waals surface area contributed by atoms with Crippen LogP contribution in [0.3, 0.4) is 0 Å². The fraction of sp³-hybridized carbons (Fsp3) is 0.238. The Hall–Kier alpha value is -3.15. The Balaban J connectivity index is 1.42. The fourth-order valence-corrected chi connectivity index (χ4v) is 3.21. The number of hydrogen-bond acceptors (Lipinski definition) is 5. The third kappa shape index (κ3) is 4.00. The lowest BCUT2D eigenvalue weighted by Crippen LogP contribution is -2.47. The van der Waals surface area contributed by atoms with Crippen molar-refractivity contribution in [2.75, 3.05) is 41.3 Å². The molecule has 2 heterocycles. The molecule has 0 spiro atoms. The first-order valence-electron chi connectivity index (χ1n) is 9.10. The van der Waals surface area contributed by atoms with Crippen molar-refractivity contribution in [3.8, 4) is 0 Å². The van der Waals surface area contributed by atoms with E-state index in [0.717, 1.165) is 37.7 Å². The molecule has 5 nitrogen and oxygen atoms in total. The molecule has 0 radical (unpaired) electrons. The van der Waals surface area contributed by atoms with Gasteiger partial charge in [0.2, 0.25) is 5.95 Å². The van der Waals surface area contributed by atoms with Crippen LogP contribution in [-0.4, -0.2) is 36.1 Å². The van der Waals surface area contributed by atoms with Gasteiger partial charge in [-0.2, -0.15) is 4.98 Å². The van der Waals surface area contributed by atoms with Gasteiger partial charge in [-0.05, 0) is 37.3 Å². The van der Waals surface area contributed by atoms with Gasteiger partial charge in [0.15, 0.2) is 0 Å². The van der Waals surface area contributed by atoms with Crippen LogP contribution < -0.4 is 15.1 Å². The summed E-state index contributed by atoms with van der Waals surface area (Å²) in [5, 5.41) is 3.31. The predicted octanol–water partition coefficient (Wildman–Crippen LogP) is 3.99. The van der Waals surface area contributed by atoms with Crippen molar-refractivity contribution >= 4 is 23.1 Å². The average Bonchev–Trinajstić information content (AvgIpc) is 2.71. The van der Waals surface area contributed by atoms with E-state index in [2.05, 4.69) is 44.1 Å². The van der Waals surface area contributed by atoms with Gasteiger partial charge in [0.05, 0.1) is 5.69 Å². The van der Waals surface area contributed by atoms with Crippen LogP contribution in [0.25, 0.3) is 0 Å². The molecule has 0 bridgehead atoms. The van der Waals surface area contributed by atoms with Crippen molar-refractivity contribution in [3.63, 3.8) is 0 Å². The number of nitrogens with one attached hydrogen (secondary N) is 1. The summed E-state index contributed by atoms with van der Waals surface area (Å²) in [6, 6.07) is 17.0. The van der Waals surface area contributed by atoms with E-state index in [9.17, 15) is 4.39 Å². The Morgan fingerprint density at radius 2 is 1.59 bits per heavy atom. The Morgan fingerprint density at radius 3 is 2.33 bits per heavy atom. The van der Waals surface area contributed by atoms with Crippen molar-refractivity contribution in [1.82, 2.24) is 9.97 Å². The van der Waals surface area contributed by atoms with Crippen LogP contribution in [0.2, 0.25) is 0 Å². The van der Waals surface area contributed by atoms with Crippen LogP contribution in [0.5, 0.6) is 0 Å². The number of nitrogens with zero attached hydrogens (tertiary/aromatic N) is 4. The molecule has 0 saturated carbocycles. The zero-order valence-electron chi connectivity index (χ0n) is 15.3. The maximum absolute atomic E-state index is 14.0. The smallest absolute Gasteiger partial charge is 0.227 e. The van der Waals surface area contributed by atoms with Crippen LogP contribution in [0.15, 0.2) is 60.8 Å². The summed E-state index contributed by atoms with van der Waals surface area (Å²) in [4.78, 5) is 13.3. The minimum atomic E-state index is -0.175. The van der Waals surface area contributed by atoms with Crippen LogP contribution >= 0.6 is 0 Å². The Morgan fingerprint density at radius 1 is 0.889 bits per heavy atom. The summed E-state index contributed by atoms with van der Waals surface area (Å²) >= 11 is 0. The summed E-state index contributed by atoms with van der Waals surface area (Å²) in [6.07, 6.45) is 1.77. The number of halogens is 1. The second-order valence-corrected chi connectivity index (χ2v) is 6.66. The lowest BCUT2D eigenvalue weighted by molar-refractivity contribution is 0.594. The van der Waals surface area contributed by atoms with E-state index in [1.165, 1.54) is 11.6 Å². The average molecular weight is 363 g/mol. The van der Waals surface area contributed by atoms with E-state index >= 15 is 0 Å². The van der Waals surface area contributed by atoms with E-state index in [-0.39, 0.29) is 5.82 Å². The second-order valence-electron chi connectivity index (χ2n) is 6.66. The molecule has 3 aromatic rings. The number of hydrogen-bond donors (Lipinski definition) is 1. The molecule has 1 aromatic heterocycles. The zero-order chi connectivity index (χ0) is 18.6. The molecule has 0 amide bonds. The highest BCUT2D eigenvalue weighted by Crippen LogP contribution is 2.22. The minimum Gasteiger partial charge on any atom is -0.366 e. The van der Waals surface area contributed by atoms with Gasteiger partial charge in [-0.15, -0.1) is 0 Å². The molecule has 6 heteroatoms. The van der Waals surface area contributed by atoms with Crippen molar-refractivity contribution in [3.05, 3.63) is 72.2 Å². The van der Waals surface area contributed by atoms with Crippen LogP contribution in [-0.2, 0) is 0 Å². The number of aryl methyl sites for hydroxylation is 1. The Kier molecular flexibility index (Phi) is 4.87. The number of piperazine rings is 1. The first-order valence-corrected chi connectivity index (χ1v) is 9.10. The van der Waals surface area contributed by atoms with Crippen LogP contribution in [0.4, 0.5) is 27.5 Å². The van der Waals surface area contributed by atoms with E-state index in [1.54, 1.807) is 12.3 Å². The van der Waals surface area contributed by atoms with E-state index in [0.29, 0.717) is 11.6 Å². The van der Waals surface area contributed by atoms with Crippen molar-refractivity contribution in [2.45, 2.75) is 6.92 Å². The Labute approximate surface area is 158 Å². The predicted molar refractivity (Wildman–Crippen MR) is 107 cm³/mol. The first kappa shape index (κ1) is 17.3. The van der Waals surface area contributed by atoms with Gasteiger partial charge >= 0.3 is 0 Å². The molecule has 0 atom stereocenters. The molecule has 138 valence electrons. The van der Waals surface area contributed by atoms with Gasteiger partial charge in [0.25, 0.3) is 0 Å². The third-order valence-corrected chi connectivity index (χ3v) is 4.72. The van der Waals surface area contributed by atoms with Gasteiger partial charge in [-0.3, -0.25) is 0 Å². The Bertz CT molecular complexity index is 904. The SMILES string of the molecule is Cc1ccc(Nc2ccnc(N3CCN(c4ccccc4F)CC3)n2)cc1. The van der Waals surface area contributed by atoms with Crippen LogP contribution in [0.1, 0.15) is 5.56 Å². The molecule has 1 fully saturated rings. The standard InChI is InChI=1S/C21H22FN5/c1-16-6-8-17(9-7-16)24-20-10-11-23-21(25-20)27-14-12-26(13-15-27)19-5-3-2-4-18(19)22/h2-11H,12-15H2,1H3,(H,23,24,25). The van der Waals surface area contributed by atoms with Crippen molar-refractivity contribution < 1.29 is 4.39 Å². The monoisotopic (exact) mass is 363 g/mol. The molecule has 4 rings (SSSR count). The summed E-state index contributed by atoms with van der Waals surface area (Å²) in [5.74, 6) is 1.28. The molecule has 1 N–H and O–H groups in total. The molecule has 1 aliphatic rings. The maximum Gasteiger partial charge on any atom is 0.227 e. The molecular formula is C21H22FN5. The van der Waals surface area contributed by atoms with E-state index in [1.807, 2.05) is 30.3 Å². The maximum atomic E-state index is 14.0. The highest BCUT2D eigenvalue weighted by Gasteiger charge is 2.21. The quantitative estimate of drug-likeness (QED) is 0.759. The topological polar surface area (TPSA) is 44.3 Å². The number of rotatable bonds is 4. The first-order chi connectivity index (χ1) is 13.2. The summed E-state index contributed by atoms with van der Waals surface area (Å²) < 4.78 is 14.0. The third-order valence-electron chi connectivity index (χ3n) is 4.72. The van der Waals surface area contributed by atoms with Gasteiger partial charge in [-0.25, -0.2) is 9.37 Å². The summed E-state index contributed by atoms with van der Waals surface area (Å²) in [5.41, 5.74) is 2.87. The zero-order valence-corrected chi connectivity index (χ0v) is 15.3. The summed E-state index contributed by atoms with van der Waals surface area (Å²) in [6.45, 7) is 5.04. The van der Waals surface area contributed by atoms with E-state index < -0.39 is 0 Å². The van der Waals surface area contributed by atoms with Crippen LogP contribution in [0, 0.1) is 12.7 Å². The molecule has 0 aliphatic carbocycles. The van der Waals surface area contributed by atoms with Gasteiger partial charge in [-0.1, -0.05) is 29.8 Å². The fourth-order valence-electron chi connectivity index (χ4n) is 3.21. The van der Waals surface area contributed by atoms with E-state index in [4.69, 9.17) is 0 Å². The molecule has 2 aromatic carbocycles. The number of aromatic nitrogens is 2. The normalized spacial score (nSPS) is 14.3. The number of anilines is 4. The molecule has 27 heavy (non-hydrogen) atoms. The van der Waals surface area contributed by atoms with Gasteiger partial charge < -0.3 is 15.1 Å². The molecule has 1 aliphatic heterocycles. The number of para-hydroxylation sites is 1. The van der Waals surface area contributed by atoms with Crippen molar-refractivity contribution in [1.29, 1.82) is 0 Å². The largest absolute Gasteiger partial charge is 0.366 e. The second kappa shape index (κ2) is 7.61. The number of benzene rings is 2. The highest BCUT2D eigenvalue weighted by molar-refractivity contribution is 5.57. The lowest BCUT2D eigenvalue weighted by Gasteiger charge is -2.36. The highest BCUT2D eigenvalue weighted by atomic mass is 19.1. The molecular weight excluding hydrogens is 341 g/mol. The van der Waals surface area contributed by atoms with Crippen molar-refractivity contribution in [2.24, 2.45) is 0 Å². The molecule has 1 saturated heterocycles. The molecule has 0 unspecified atom stereocenters.